The maximum absolute atomic E-state index is 13.6. The number of pyridine rings is 2. The average molecular weight is 616 g/mol. The summed E-state index contributed by atoms with van der Waals surface area (Å²) in [5.41, 5.74) is -1.40. The third-order valence-corrected chi connectivity index (χ3v) is 9.63. The molecule has 2 aliphatic heterocycles. The highest BCUT2D eigenvalue weighted by Crippen LogP contribution is 2.59. The number of halogens is 3. The molecule has 0 spiro atoms. The average Bonchev–Trinajstić information content (AvgIpc) is 3.53. The predicted octanol–water partition coefficient (Wildman–Crippen LogP) is 6.19. The smallest absolute Gasteiger partial charge is 0.394 e. The van der Waals surface area contributed by atoms with Gasteiger partial charge in [-0.15, -0.1) is 5.10 Å². The van der Waals surface area contributed by atoms with Crippen LogP contribution in [0.2, 0.25) is 0 Å². The highest BCUT2D eigenvalue weighted by molar-refractivity contribution is 7.97. The van der Waals surface area contributed by atoms with E-state index in [1.807, 2.05) is 25.2 Å². The molecule has 13 heteroatoms. The Labute approximate surface area is 253 Å². The summed E-state index contributed by atoms with van der Waals surface area (Å²) in [5.74, 6) is 1.88. The number of amides is 1. The molecule has 0 radical (unpaired) electrons. The molecule has 1 N–H and O–H groups in total. The van der Waals surface area contributed by atoms with E-state index in [0.29, 0.717) is 22.2 Å². The van der Waals surface area contributed by atoms with Gasteiger partial charge >= 0.3 is 6.18 Å². The number of nitrogens with zero attached hydrogens (tertiary/aromatic N) is 6. The van der Waals surface area contributed by atoms with Crippen molar-refractivity contribution in [3.8, 4) is 11.7 Å². The molecule has 1 unspecified atom stereocenters. The van der Waals surface area contributed by atoms with Gasteiger partial charge in [0.2, 0.25) is 5.88 Å². The van der Waals surface area contributed by atoms with E-state index in [1.54, 1.807) is 24.4 Å². The van der Waals surface area contributed by atoms with E-state index in [1.165, 1.54) is 16.6 Å². The summed E-state index contributed by atoms with van der Waals surface area (Å²) in [6, 6.07) is 11.0. The second kappa shape index (κ2) is 11.2. The number of aromatic nitrogens is 4. The van der Waals surface area contributed by atoms with Crippen LogP contribution in [0.15, 0.2) is 47.6 Å². The van der Waals surface area contributed by atoms with Crippen LogP contribution >= 0.6 is 11.9 Å². The van der Waals surface area contributed by atoms with Crippen LogP contribution in [0.5, 0.6) is 5.88 Å². The lowest BCUT2D eigenvalue weighted by molar-refractivity contribution is -0.190. The Morgan fingerprint density at radius 2 is 1.88 bits per heavy atom. The molecular weight excluding hydrogens is 579 g/mol. The Hall–Kier alpha value is -3.48. The lowest BCUT2D eigenvalue weighted by Gasteiger charge is -2.38. The van der Waals surface area contributed by atoms with E-state index in [4.69, 9.17) is 14.7 Å². The minimum atomic E-state index is -4.21. The first-order valence-corrected chi connectivity index (χ1v) is 15.5. The van der Waals surface area contributed by atoms with Gasteiger partial charge in [0.15, 0.2) is 5.82 Å². The fourth-order valence-corrected chi connectivity index (χ4v) is 6.71. The molecule has 1 saturated carbocycles. The van der Waals surface area contributed by atoms with Crippen LogP contribution in [-0.4, -0.2) is 63.6 Å². The van der Waals surface area contributed by atoms with Gasteiger partial charge in [-0.3, -0.25) is 9.52 Å². The number of anilines is 2. The molecule has 1 amide bonds. The lowest BCUT2D eigenvalue weighted by Crippen LogP contribution is -2.45. The Kier molecular flexibility index (Phi) is 7.72. The molecule has 3 aromatic heterocycles. The maximum Gasteiger partial charge on any atom is 0.394 e. The second-order valence-corrected chi connectivity index (χ2v) is 13.1. The first kappa shape index (κ1) is 29.6. The number of fused-ring (bicyclic) bond motifs is 5. The van der Waals surface area contributed by atoms with E-state index < -0.39 is 11.6 Å². The molecule has 5 heterocycles. The predicted molar refractivity (Wildman–Crippen MR) is 159 cm³/mol. The number of hydrogen-bond donors (Lipinski definition) is 1. The molecule has 230 valence electrons. The zero-order valence-corrected chi connectivity index (χ0v) is 25.3. The highest BCUT2D eigenvalue weighted by Gasteiger charge is 2.62. The molecule has 6 rings (SSSR count). The SMILES string of the molecule is CN1CCCC2CCC(C)(C)N2c2nc(-n3ccc(OCCC4(C(F)(F)F)CC4)n3)ccc2C(=O)NSc2cccc1n2. The molecule has 1 atom stereocenters. The number of alkyl halides is 3. The summed E-state index contributed by atoms with van der Waals surface area (Å²) in [4.78, 5) is 27.7. The molecule has 1 aliphatic carbocycles. The Morgan fingerprint density at radius 1 is 1.07 bits per heavy atom. The molecule has 1 saturated heterocycles. The van der Waals surface area contributed by atoms with E-state index in [2.05, 4.69) is 33.5 Å². The van der Waals surface area contributed by atoms with Gasteiger partial charge in [0, 0.05) is 49.4 Å². The van der Waals surface area contributed by atoms with E-state index >= 15 is 0 Å². The van der Waals surface area contributed by atoms with Crippen LogP contribution < -0.4 is 19.3 Å². The standard InChI is InChI=1S/C30H36F3N7O2S/c1-28(2)13-11-20-6-5-17-38(3)22-7-4-8-25(34-22)43-37-27(41)21-9-10-23(35-26(21)40(20)28)39-18-12-24(36-39)42-19-16-29(14-15-29)30(31,32)33/h4,7-10,12,18,20H,5-6,11,13-17,19H2,1-3H3,(H,37,41). The second-order valence-electron chi connectivity index (χ2n) is 12.3. The number of rotatable bonds is 5. The van der Waals surface area contributed by atoms with Crippen molar-refractivity contribution in [2.75, 3.05) is 30.0 Å². The van der Waals surface area contributed by atoms with Crippen molar-refractivity contribution >= 4 is 29.5 Å². The monoisotopic (exact) mass is 615 g/mol. The van der Waals surface area contributed by atoms with Gasteiger partial charge in [-0.05, 0) is 83.1 Å². The van der Waals surface area contributed by atoms with Crippen LogP contribution in [0.25, 0.3) is 5.82 Å². The molecule has 2 bridgehead atoms. The quantitative estimate of drug-likeness (QED) is 0.340. The Morgan fingerprint density at radius 3 is 2.65 bits per heavy atom. The van der Waals surface area contributed by atoms with E-state index in [-0.39, 0.29) is 49.2 Å². The van der Waals surface area contributed by atoms with Gasteiger partial charge in [-0.1, -0.05) is 6.07 Å². The largest absolute Gasteiger partial charge is 0.477 e. The molecule has 3 aromatic rings. The van der Waals surface area contributed by atoms with Gasteiger partial charge in [0.25, 0.3) is 5.91 Å². The van der Waals surface area contributed by atoms with E-state index in [0.717, 1.165) is 38.0 Å². The number of carbonyl (C=O) groups excluding carboxylic acids is 1. The summed E-state index contributed by atoms with van der Waals surface area (Å²) in [6.45, 7) is 5.13. The van der Waals surface area contributed by atoms with Crippen LogP contribution in [-0.2, 0) is 0 Å². The summed E-state index contributed by atoms with van der Waals surface area (Å²) >= 11 is 1.17. The third kappa shape index (κ3) is 6.00. The van der Waals surface area contributed by atoms with Crippen molar-refractivity contribution in [3.63, 3.8) is 0 Å². The van der Waals surface area contributed by atoms with Crippen molar-refractivity contribution in [2.45, 2.75) is 81.6 Å². The normalized spacial score (nSPS) is 21.4. The zero-order valence-electron chi connectivity index (χ0n) is 24.5. The van der Waals surface area contributed by atoms with Gasteiger partial charge in [-0.2, -0.15) is 13.2 Å². The van der Waals surface area contributed by atoms with Crippen LogP contribution in [0.3, 0.4) is 0 Å². The highest BCUT2D eigenvalue weighted by atomic mass is 32.2. The van der Waals surface area contributed by atoms with Crippen LogP contribution in [0.4, 0.5) is 24.8 Å². The van der Waals surface area contributed by atoms with Crippen molar-refractivity contribution in [1.29, 1.82) is 0 Å². The van der Waals surface area contributed by atoms with Crippen molar-refractivity contribution in [3.05, 3.63) is 48.2 Å². The molecule has 43 heavy (non-hydrogen) atoms. The third-order valence-electron chi connectivity index (χ3n) is 8.90. The number of carbonyl (C=O) groups is 1. The molecule has 3 aliphatic rings. The molecule has 2 fully saturated rings. The Bertz CT molecular complexity index is 1490. The minimum Gasteiger partial charge on any atom is -0.477 e. The molecule has 0 aromatic carbocycles. The molecule has 9 nitrogen and oxygen atoms in total. The van der Waals surface area contributed by atoms with Gasteiger partial charge in [0.1, 0.15) is 16.7 Å². The van der Waals surface area contributed by atoms with Gasteiger partial charge in [-0.25, -0.2) is 14.6 Å². The van der Waals surface area contributed by atoms with Crippen LogP contribution in [0, 0.1) is 5.41 Å². The number of nitrogens with one attached hydrogen (secondary N) is 1. The topological polar surface area (TPSA) is 88.4 Å². The lowest BCUT2D eigenvalue weighted by atomic mass is 10.0. The zero-order chi connectivity index (χ0) is 30.4. The molecular formula is C30H36F3N7O2S. The summed E-state index contributed by atoms with van der Waals surface area (Å²) in [7, 11) is 2.03. The summed E-state index contributed by atoms with van der Waals surface area (Å²) in [6.07, 6.45) is 1.46. The summed E-state index contributed by atoms with van der Waals surface area (Å²) in [5, 5.41) is 5.12. The number of ether oxygens (including phenoxy) is 1. The fraction of sp³-hybridized carbons (Fsp3) is 0.533. The minimum absolute atomic E-state index is 0.0669. The van der Waals surface area contributed by atoms with Crippen molar-refractivity contribution < 1.29 is 22.7 Å². The first-order valence-electron chi connectivity index (χ1n) is 14.7. The number of hydrogen-bond acceptors (Lipinski definition) is 8. The van der Waals surface area contributed by atoms with Crippen LogP contribution in [0.1, 0.15) is 69.2 Å². The van der Waals surface area contributed by atoms with Crippen molar-refractivity contribution in [2.24, 2.45) is 5.41 Å². The van der Waals surface area contributed by atoms with Gasteiger partial charge < -0.3 is 14.5 Å². The first-order chi connectivity index (χ1) is 20.5. The maximum atomic E-state index is 13.6. The van der Waals surface area contributed by atoms with Gasteiger partial charge in [0.05, 0.1) is 17.6 Å². The van der Waals surface area contributed by atoms with E-state index in [9.17, 15) is 18.0 Å². The summed E-state index contributed by atoms with van der Waals surface area (Å²) < 4.78 is 49.9. The fourth-order valence-electron chi connectivity index (χ4n) is 6.12. The van der Waals surface area contributed by atoms with Crippen molar-refractivity contribution in [1.82, 2.24) is 24.5 Å². The Balaban J connectivity index is 1.28.